The highest BCUT2D eigenvalue weighted by Crippen LogP contribution is 2.54. The highest BCUT2D eigenvalue weighted by atomic mass is 16.5. The minimum atomic E-state index is -0.622. The van der Waals surface area contributed by atoms with E-state index >= 15 is 0 Å². The van der Waals surface area contributed by atoms with Crippen molar-refractivity contribution in [1.82, 2.24) is 0 Å². The molecule has 5 rings (SSSR count). The molecular formula is C23H24O3. The molecule has 2 heterocycles. The second-order valence-electron chi connectivity index (χ2n) is 8.15. The highest BCUT2D eigenvalue weighted by molar-refractivity contribution is 5.93. The summed E-state index contributed by atoms with van der Waals surface area (Å²) in [5.74, 6) is -0.338. The lowest BCUT2D eigenvalue weighted by molar-refractivity contribution is -0.124. The lowest BCUT2D eigenvalue weighted by Crippen LogP contribution is -2.31. The van der Waals surface area contributed by atoms with Crippen molar-refractivity contribution in [2.45, 2.75) is 50.9 Å². The molecule has 6 atom stereocenters. The molecule has 0 radical (unpaired) electrons. The Balaban J connectivity index is 1.56. The molecule has 0 aromatic heterocycles. The molecule has 2 bridgehead atoms. The van der Waals surface area contributed by atoms with E-state index in [1.165, 1.54) is 5.56 Å². The molecule has 2 aliphatic heterocycles. The number of ether oxygens (including phenoxy) is 1. The summed E-state index contributed by atoms with van der Waals surface area (Å²) >= 11 is 0. The van der Waals surface area contributed by atoms with Gasteiger partial charge in [-0.05, 0) is 54.5 Å². The zero-order chi connectivity index (χ0) is 18.0. The molecule has 134 valence electrons. The zero-order valence-corrected chi connectivity index (χ0v) is 15.2. The Bertz CT molecular complexity index is 849. The number of rotatable bonds is 2. The number of hydrogen-bond acceptors (Lipinski definition) is 3. The van der Waals surface area contributed by atoms with Gasteiger partial charge in [0.25, 0.3) is 0 Å². The largest absolute Gasteiger partial charge is 0.392 e. The second-order valence-corrected chi connectivity index (χ2v) is 8.15. The van der Waals surface area contributed by atoms with E-state index in [0.29, 0.717) is 0 Å². The van der Waals surface area contributed by atoms with E-state index in [1.807, 2.05) is 18.2 Å². The second kappa shape index (κ2) is 5.77. The standard InChI is InChI=1S/C23H24O3/c1-12-10-15(14-6-4-3-5-7-14)11-13(2)18(12)21-22(24)19-16-8-9-17(26-16)20(19)23(21)25/h3-7,10-11,16-17,19-22,24H,8-9H2,1-2H3. The quantitative estimate of drug-likeness (QED) is 0.898. The van der Waals surface area contributed by atoms with Crippen molar-refractivity contribution < 1.29 is 14.6 Å². The van der Waals surface area contributed by atoms with E-state index in [0.717, 1.165) is 35.1 Å². The van der Waals surface area contributed by atoms with E-state index in [4.69, 9.17) is 4.74 Å². The fourth-order valence-electron chi connectivity index (χ4n) is 5.69. The topological polar surface area (TPSA) is 46.5 Å². The molecule has 3 aliphatic rings. The van der Waals surface area contributed by atoms with Crippen LogP contribution in [0.4, 0.5) is 0 Å². The van der Waals surface area contributed by atoms with Crippen LogP contribution in [0.3, 0.4) is 0 Å². The summed E-state index contributed by atoms with van der Waals surface area (Å²) < 4.78 is 5.92. The third-order valence-corrected chi connectivity index (χ3v) is 6.71. The maximum atomic E-state index is 13.2. The van der Waals surface area contributed by atoms with Crippen LogP contribution in [0.1, 0.15) is 35.4 Å². The van der Waals surface area contributed by atoms with Crippen LogP contribution >= 0.6 is 0 Å². The molecule has 2 saturated heterocycles. The molecule has 3 fully saturated rings. The number of aryl methyl sites for hydroxylation is 2. The fourth-order valence-corrected chi connectivity index (χ4v) is 5.69. The molecule has 1 saturated carbocycles. The maximum absolute atomic E-state index is 13.2. The molecule has 3 nitrogen and oxygen atoms in total. The van der Waals surface area contributed by atoms with Gasteiger partial charge in [-0.25, -0.2) is 0 Å². The van der Waals surface area contributed by atoms with Crippen molar-refractivity contribution in [2.24, 2.45) is 11.8 Å². The zero-order valence-electron chi connectivity index (χ0n) is 15.2. The summed E-state index contributed by atoms with van der Waals surface area (Å²) in [7, 11) is 0. The van der Waals surface area contributed by atoms with Crippen LogP contribution in [0.2, 0.25) is 0 Å². The average Bonchev–Trinajstić information content (AvgIpc) is 3.31. The van der Waals surface area contributed by atoms with Crippen molar-refractivity contribution >= 4 is 5.78 Å². The Labute approximate surface area is 154 Å². The number of carbonyl (C=O) groups is 1. The SMILES string of the molecule is Cc1cc(-c2ccccc2)cc(C)c1C1C(=O)C2C3CCC(O3)C2C1O. The van der Waals surface area contributed by atoms with E-state index in [-0.39, 0.29) is 29.8 Å². The lowest BCUT2D eigenvalue weighted by Gasteiger charge is -2.24. The summed E-state index contributed by atoms with van der Waals surface area (Å²) in [5.41, 5.74) is 5.54. The lowest BCUT2D eigenvalue weighted by atomic mass is 9.81. The molecule has 26 heavy (non-hydrogen) atoms. The van der Waals surface area contributed by atoms with Crippen molar-refractivity contribution in [2.75, 3.05) is 0 Å². The van der Waals surface area contributed by atoms with Gasteiger partial charge in [0.2, 0.25) is 0 Å². The van der Waals surface area contributed by atoms with E-state index < -0.39 is 12.0 Å². The first-order chi connectivity index (χ1) is 12.6. The van der Waals surface area contributed by atoms with Crippen molar-refractivity contribution in [3.8, 4) is 11.1 Å². The molecule has 2 aromatic carbocycles. The van der Waals surface area contributed by atoms with Gasteiger partial charge in [0.05, 0.1) is 30.1 Å². The smallest absolute Gasteiger partial charge is 0.149 e. The molecule has 0 amide bonds. The predicted molar refractivity (Wildman–Crippen MR) is 100.0 cm³/mol. The van der Waals surface area contributed by atoms with Gasteiger partial charge in [-0.2, -0.15) is 0 Å². The molecule has 6 unspecified atom stereocenters. The maximum Gasteiger partial charge on any atom is 0.149 e. The third-order valence-electron chi connectivity index (χ3n) is 6.71. The van der Waals surface area contributed by atoms with Gasteiger partial charge in [-0.1, -0.05) is 42.5 Å². The Kier molecular flexibility index (Phi) is 3.60. The molecule has 3 heteroatoms. The Morgan fingerprint density at radius 3 is 2.27 bits per heavy atom. The number of hydrogen-bond donors (Lipinski definition) is 1. The van der Waals surface area contributed by atoms with Gasteiger partial charge in [-0.15, -0.1) is 0 Å². The Morgan fingerprint density at radius 1 is 0.962 bits per heavy atom. The van der Waals surface area contributed by atoms with Gasteiger partial charge < -0.3 is 9.84 Å². The number of Topliss-reactive ketones (excluding diaryl/α,β-unsaturated/α-hetero) is 1. The predicted octanol–water partition coefficient (Wildman–Crippen LogP) is 3.79. The summed E-state index contributed by atoms with van der Waals surface area (Å²) in [4.78, 5) is 13.2. The number of ketones is 1. The van der Waals surface area contributed by atoms with Gasteiger partial charge in [0, 0.05) is 5.92 Å². The van der Waals surface area contributed by atoms with Gasteiger partial charge in [0.1, 0.15) is 5.78 Å². The number of carbonyl (C=O) groups excluding carboxylic acids is 1. The van der Waals surface area contributed by atoms with Crippen molar-refractivity contribution in [3.63, 3.8) is 0 Å². The Hall–Kier alpha value is -1.97. The van der Waals surface area contributed by atoms with Crippen LogP contribution in [0, 0.1) is 25.7 Å². The molecule has 1 aliphatic carbocycles. The van der Waals surface area contributed by atoms with E-state index in [2.05, 4.69) is 38.1 Å². The van der Waals surface area contributed by atoms with Crippen LogP contribution in [-0.2, 0) is 9.53 Å². The monoisotopic (exact) mass is 348 g/mol. The van der Waals surface area contributed by atoms with Gasteiger partial charge >= 0.3 is 0 Å². The van der Waals surface area contributed by atoms with E-state index in [9.17, 15) is 9.90 Å². The minimum Gasteiger partial charge on any atom is -0.392 e. The van der Waals surface area contributed by atoms with Crippen molar-refractivity contribution in [1.29, 1.82) is 0 Å². The van der Waals surface area contributed by atoms with E-state index in [1.54, 1.807) is 0 Å². The average molecular weight is 348 g/mol. The first kappa shape index (κ1) is 16.2. The summed E-state index contributed by atoms with van der Waals surface area (Å²) in [6.45, 7) is 4.13. The summed E-state index contributed by atoms with van der Waals surface area (Å²) in [5, 5.41) is 11.0. The number of fused-ring (bicyclic) bond motifs is 5. The third kappa shape index (κ3) is 2.17. The fraction of sp³-hybridized carbons (Fsp3) is 0.435. The normalized spacial score (nSPS) is 35.1. The summed E-state index contributed by atoms with van der Waals surface area (Å²) in [6.07, 6.45) is 1.41. The molecule has 0 spiro atoms. The van der Waals surface area contributed by atoms with Crippen LogP contribution in [-0.4, -0.2) is 29.2 Å². The molecule has 2 aromatic rings. The number of benzene rings is 2. The summed E-state index contributed by atoms with van der Waals surface area (Å²) in [6, 6.07) is 14.6. The Morgan fingerprint density at radius 2 is 1.62 bits per heavy atom. The van der Waals surface area contributed by atoms with Crippen LogP contribution < -0.4 is 0 Å². The minimum absolute atomic E-state index is 0.0150. The van der Waals surface area contributed by atoms with Crippen LogP contribution in [0.5, 0.6) is 0 Å². The van der Waals surface area contributed by atoms with Crippen LogP contribution in [0.25, 0.3) is 11.1 Å². The highest BCUT2D eigenvalue weighted by Gasteiger charge is 2.62. The molecular weight excluding hydrogens is 324 g/mol. The first-order valence-corrected chi connectivity index (χ1v) is 9.60. The number of aliphatic hydroxyl groups excluding tert-OH is 1. The van der Waals surface area contributed by atoms with Gasteiger partial charge in [0.15, 0.2) is 0 Å². The first-order valence-electron chi connectivity index (χ1n) is 9.60. The van der Waals surface area contributed by atoms with Crippen LogP contribution in [0.15, 0.2) is 42.5 Å². The van der Waals surface area contributed by atoms with Gasteiger partial charge in [-0.3, -0.25) is 4.79 Å². The molecule has 1 N–H and O–H groups in total. The number of aliphatic hydroxyl groups is 1. The van der Waals surface area contributed by atoms with Crippen molar-refractivity contribution in [3.05, 3.63) is 59.2 Å².